The van der Waals surface area contributed by atoms with Crippen LogP contribution in [0.1, 0.15) is 412 Å². The number of nitrogens with one attached hydrogen (secondary N) is 1. The highest BCUT2D eigenvalue weighted by atomic mass is 16.5. The molecule has 0 rings (SSSR count). The summed E-state index contributed by atoms with van der Waals surface area (Å²) >= 11 is 0. The van der Waals surface area contributed by atoms with Crippen LogP contribution in [-0.4, -0.2) is 47.4 Å². The van der Waals surface area contributed by atoms with Gasteiger partial charge in [0, 0.05) is 12.8 Å². The van der Waals surface area contributed by atoms with Gasteiger partial charge >= 0.3 is 5.97 Å². The van der Waals surface area contributed by atoms with Gasteiger partial charge in [0.2, 0.25) is 5.91 Å². The van der Waals surface area contributed by atoms with Crippen LogP contribution in [-0.2, 0) is 14.3 Å². The fourth-order valence-electron chi connectivity index (χ4n) is 11.6. The van der Waals surface area contributed by atoms with E-state index in [1.54, 1.807) is 6.08 Å². The lowest BCUT2D eigenvalue weighted by atomic mass is 10.0. The molecule has 2 atom stereocenters. The van der Waals surface area contributed by atoms with E-state index in [1.807, 2.05) is 6.08 Å². The van der Waals surface area contributed by atoms with E-state index in [1.165, 1.54) is 347 Å². The van der Waals surface area contributed by atoms with E-state index in [9.17, 15) is 19.8 Å². The van der Waals surface area contributed by atoms with Gasteiger partial charge in [-0.05, 0) is 32.1 Å². The Morgan fingerprint density at radius 1 is 0.346 bits per heavy atom. The van der Waals surface area contributed by atoms with Crippen LogP contribution in [0.2, 0.25) is 0 Å². The van der Waals surface area contributed by atoms with Crippen LogP contribution in [0.4, 0.5) is 0 Å². The van der Waals surface area contributed by atoms with Crippen molar-refractivity contribution >= 4 is 11.9 Å². The van der Waals surface area contributed by atoms with Crippen LogP contribution in [0.15, 0.2) is 12.2 Å². The predicted molar refractivity (Wildman–Crippen MR) is 343 cm³/mol. The van der Waals surface area contributed by atoms with E-state index in [2.05, 4.69) is 19.2 Å². The summed E-state index contributed by atoms with van der Waals surface area (Å²) < 4.78 is 5.50. The zero-order chi connectivity index (χ0) is 56.4. The first-order valence-electron chi connectivity index (χ1n) is 36.0. The normalized spacial score (nSPS) is 12.5. The van der Waals surface area contributed by atoms with Crippen LogP contribution in [0.3, 0.4) is 0 Å². The lowest BCUT2D eigenvalue weighted by Gasteiger charge is -2.20. The second kappa shape index (κ2) is 68.1. The van der Waals surface area contributed by atoms with Crippen molar-refractivity contribution in [3.05, 3.63) is 12.2 Å². The summed E-state index contributed by atoms with van der Waals surface area (Å²) in [6.07, 6.45) is 84.3. The smallest absolute Gasteiger partial charge is 0.305 e. The summed E-state index contributed by atoms with van der Waals surface area (Å²) in [5.74, 6) is -0.0460. The maximum atomic E-state index is 12.5. The largest absolute Gasteiger partial charge is 0.466 e. The molecule has 78 heavy (non-hydrogen) atoms. The number of rotatable bonds is 68. The molecule has 2 unspecified atom stereocenters. The van der Waals surface area contributed by atoms with Gasteiger partial charge in [0.15, 0.2) is 0 Å². The molecule has 3 N–H and O–H groups in total. The highest BCUT2D eigenvalue weighted by Gasteiger charge is 2.18. The molecule has 0 aliphatic heterocycles. The monoisotopic (exact) mass is 1100 g/mol. The van der Waals surface area contributed by atoms with E-state index < -0.39 is 12.1 Å². The van der Waals surface area contributed by atoms with E-state index >= 15 is 0 Å². The summed E-state index contributed by atoms with van der Waals surface area (Å²) in [6, 6.07) is -0.629. The van der Waals surface area contributed by atoms with Crippen molar-refractivity contribution in [2.75, 3.05) is 13.2 Å². The van der Waals surface area contributed by atoms with Crippen molar-refractivity contribution < 1.29 is 24.5 Å². The molecule has 464 valence electrons. The standard InChI is InChI=1S/C72H141NO5/c1-3-5-7-9-11-13-15-17-19-20-21-22-23-24-27-30-33-37-40-44-48-52-56-60-64-70(75)69(68-74)73-71(76)65-61-57-53-49-45-41-38-34-31-28-25-26-29-32-35-39-43-47-51-55-59-63-67-78-72(77)66-62-58-54-50-46-42-36-18-16-14-12-10-8-6-4-2/h60,64,69-70,74-75H,3-59,61-63,65-68H2,1-2H3,(H,73,76)/b64-60+. The van der Waals surface area contributed by atoms with Crippen LogP contribution < -0.4 is 5.32 Å². The molecule has 0 aliphatic rings. The molecule has 0 bridgehead atoms. The van der Waals surface area contributed by atoms with Crippen molar-refractivity contribution in [2.45, 2.75) is 424 Å². The molecule has 6 nitrogen and oxygen atoms in total. The van der Waals surface area contributed by atoms with E-state index in [0.717, 1.165) is 38.5 Å². The Bertz CT molecular complexity index is 1180. The van der Waals surface area contributed by atoms with Crippen molar-refractivity contribution in [2.24, 2.45) is 0 Å². The maximum Gasteiger partial charge on any atom is 0.305 e. The number of esters is 1. The Balaban J connectivity index is 3.39. The number of hydrogen-bond acceptors (Lipinski definition) is 5. The molecule has 0 spiro atoms. The van der Waals surface area contributed by atoms with Gasteiger partial charge in [-0.15, -0.1) is 0 Å². The molecule has 6 heteroatoms. The quantitative estimate of drug-likeness (QED) is 0.0320. The number of carbonyl (C=O) groups excluding carboxylic acids is 2. The Kier molecular flexibility index (Phi) is 66.9. The minimum atomic E-state index is -0.845. The molecular weight excluding hydrogens is 959 g/mol. The molecule has 0 aliphatic carbocycles. The first kappa shape index (κ1) is 76.6. The van der Waals surface area contributed by atoms with Gasteiger partial charge in [-0.3, -0.25) is 9.59 Å². The number of unbranched alkanes of at least 4 members (excludes halogenated alkanes) is 57. The molecule has 0 aromatic heterocycles. The van der Waals surface area contributed by atoms with Gasteiger partial charge in [0.1, 0.15) is 0 Å². The number of aliphatic hydroxyl groups excluding tert-OH is 2. The Morgan fingerprint density at radius 3 is 0.872 bits per heavy atom. The number of aliphatic hydroxyl groups is 2. The number of allylic oxidation sites excluding steroid dienone is 1. The van der Waals surface area contributed by atoms with Gasteiger partial charge in [-0.2, -0.15) is 0 Å². The third-order valence-corrected chi connectivity index (χ3v) is 17.1. The maximum absolute atomic E-state index is 12.5. The second-order valence-electron chi connectivity index (χ2n) is 24.9. The first-order chi connectivity index (χ1) is 38.5. The Morgan fingerprint density at radius 2 is 0.590 bits per heavy atom. The van der Waals surface area contributed by atoms with E-state index in [-0.39, 0.29) is 18.5 Å². The summed E-state index contributed by atoms with van der Waals surface area (Å²) in [5.41, 5.74) is 0. The summed E-state index contributed by atoms with van der Waals surface area (Å²) in [7, 11) is 0. The second-order valence-corrected chi connectivity index (χ2v) is 24.9. The van der Waals surface area contributed by atoms with Crippen molar-refractivity contribution in [1.82, 2.24) is 5.32 Å². The van der Waals surface area contributed by atoms with Gasteiger partial charge in [-0.1, -0.05) is 379 Å². The molecule has 0 fully saturated rings. The third-order valence-electron chi connectivity index (χ3n) is 17.1. The summed E-state index contributed by atoms with van der Waals surface area (Å²) in [5, 5.41) is 23.3. The topological polar surface area (TPSA) is 95.9 Å². The van der Waals surface area contributed by atoms with Crippen molar-refractivity contribution in [3.63, 3.8) is 0 Å². The van der Waals surface area contributed by atoms with Gasteiger partial charge in [0.05, 0.1) is 25.4 Å². The van der Waals surface area contributed by atoms with E-state index in [4.69, 9.17) is 4.74 Å². The van der Waals surface area contributed by atoms with Gasteiger partial charge in [-0.25, -0.2) is 0 Å². The molecule has 0 radical (unpaired) electrons. The van der Waals surface area contributed by atoms with Crippen LogP contribution >= 0.6 is 0 Å². The molecule has 0 aromatic carbocycles. The molecular formula is C72H141NO5. The highest BCUT2D eigenvalue weighted by Crippen LogP contribution is 2.19. The van der Waals surface area contributed by atoms with Crippen LogP contribution in [0.25, 0.3) is 0 Å². The lowest BCUT2D eigenvalue weighted by Crippen LogP contribution is -2.45. The molecule has 0 heterocycles. The fraction of sp³-hybridized carbons (Fsp3) is 0.944. The minimum Gasteiger partial charge on any atom is -0.466 e. The predicted octanol–water partition coefficient (Wildman–Crippen LogP) is 23.1. The van der Waals surface area contributed by atoms with Crippen molar-refractivity contribution in [3.8, 4) is 0 Å². The molecule has 1 amide bonds. The average molecular weight is 1100 g/mol. The minimum absolute atomic E-state index is 0.0169. The van der Waals surface area contributed by atoms with Gasteiger partial charge < -0.3 is 20.3 Å². The Labute approximate surface area is 489 Å². The first-order valence-corrected chi connectivity index (χ1v) is 36.0. The fourth-order valence-corrected chi connectivity index (χ4v) is 11.6. The van der Waals surface area contributed by atoms with Crippen molar-refractivity contribution in [1.29, 1.82) is 0 Å². The number of amides is 1. The molecule has 0 saturated carbocycles. The number of ether oxygens (including phenoxy) is 1. The van der Waals surface area contributed by atoms with E-state index in [0.29, 0.717) is 19.4 Å². The third kappa shape index (κ3) is 63.8. The summed E-state index contributed by atoms with van der Waals surface area (Å²) in [4.78, 5) is 24.6. The Hall–Kier alpha value is -1.40. The highest BCUT2D eigenvalue weighted by molar-refractivity contribution is 5.76. The van der Waals surface area contributed by atoms with Crippen LogP contribution in [0, 0.1) is 0 Å². The molecule has 0 aromatic rings. The van der Waals surface area contributed by atoms with Crippen LogP contribution in [0.5, 0.6) is 0 Å². The lowest BCUT2D eigenvalue weighted by molar-refractivity contribution is -0.143. The summed E-state index contributed by atoms with van der Waals surface area (Å²) in [6.45, 7) is 4.95. The number of carbonyl (C=O) groups is 2. The zero-order valence-electron chi connectivity index (χ0n) is 53.2. The average Bonchev–Trinajstić information content (AvgIpc) is 3.44. The zero-order valence-corrected chi connectivity index (χ0v) is 53.2. The SMILES string of the molecule is CCCCCCCCCCCCCCCCCCCCCCCC/C=C/C(O)C(CO)NC(=O)CCCCCCCCCCCCCCCCCCCCCCCCOC(=O)CCCCCCCCCCCCCCCCC. The molecule has 0 saturated heterocycles. The van der Waals surface area contributed by atoms with Gasteiger partial charge in [0.25, 0.3) is 0 Å². The number of hydrogen-bond donors (Lipinski definition) is 3.